The zero-order valence-corrected chi connectivity index (χ0v) is 24.0. The summed E-state index contributed by atoms with van der Waals surface area (Å²) in [5.41, 5.74) is 2.04. The van der Waals surface area contributed by atoms with Crippen molar-refractivity contribution in [2.24, 2.45) is 0 Å². The normalized spacial score (nSPS) is 15.9. The number of carbonyl (C=O) groups is 2. The Kier molecular flexibility index (Phi) is 9.32. The van der Waals surface area contributed by atoms with Crippen molar-refractivity contribution in [3.8, 4) is 5.75 Å². The van der Waals surface area contributed by atoms with Crippen LogP contribution in [0, 0.1) is 43.1 Å². The number of benzene rings is 2. The number of allylic oxidation sites excluding steroid dienone is 1. The first kappa shape index (κ1) is 26.8. The van der Waals surface area contributed by atoms with E-state index in [-0.39, 0.29) is 48.5 Å². The van der Waals surface area contributed by atoms with Crippen molar-refractivity contribution in [3.63, 3.8) is 0 Å². The van der Waals surface area contributed by atoms with E-state index >= 15 is 0 Å². The molecule has 1 aliphatic rings. The van der Waals surface area contributed by atoms with Crippen LogP contribution in [0.15, 0.2) is 42.5 Å². The number of rotatable bonds is 6. The third kappa shape index (κ3) is 7.03. The molecule has 2 aromatic carbocycles. The van der Waals surface area contributed by atoms with Crippen LogP contribution in [0.1, 0.15) is 38.3 Å². The van der Waals surface area contributed by atoms with Gasteiger partial charge in [-0.2, -0.15) is 20.3 Å². The Bertz CT molecular complexity index is 1020. The summed E-state index contributed by atoms with van der Waals surface area (Å²) in [6.07, 6.45) is 1.34. The number of nitrogens with one attached hydrogen (secondary N) is 2. The molecule has 2 aromatic rings. The minimum absolute atomic E-state index is 0. The largest absolute Gasteiger partial charge is 2.00 e. The monoisotopic (exact) mass is 776 g/mol. The first-order valence-corrected chi connectivity index (χ1v) is 10.6. The number of hydrogen-bond acceptors (Lipinski definition) is 3. The molecule has 1 atom stereocenters. The Morgan fingerprint density at radius 1 is 1.34 bits per heavy atom. The van der Waals surface area contributed by atoms with E-state index in [1.165, 1.54) is 24.3 Å². The molecule has 166 valence electrons. The number of halogens is 3. The number of fused-ring (bicyclic) bond motifs is 1. The summed E-state index contributed by atoms with van der Waals surface area (Å²) in [5, 5.41) is 5.49. The zero-order valence-electron chi connectivity index (χ0n) is 17.7. The molecule has 0 saturated carbocycles. The fourth-order valence-electron chi connectivity index (χ4n) is 3.03. The first-order chi connectivity index (χ1) is 14.5. The molecule has 3 rings (SSSR count). The van der Waals surface area contributed by atoms with Crippen LogP contribution in [0.25, 0.3) is 5.57 Å². The van der Waals surface area contributed by atoms with Crippen molar-refractivity contribution in [1.82, 2.24) is 0 Å². The van der Waals surface area contributed by atoms with Crippen LogP contribution >= 0.6 is 22.6 Å². The molecule has 0 radical (unpaired) electrons. The second-order valence-corrected chi connectivity index (χ2v) is 8.85. The molecule has 0 fully saturated rings. The van der Waals surface area contributed by atoms with Gasteiger partial charge in [0, 0.05) is 5.69 Å². The molecule has 32 heavy (non-hydrogen) atoms. The number of anilines is 2. The van der Waals surface area contributed by atoms with Crippen LogP contribution in [-0.2, 0) is 13.5 Å². The van der Waals surface area contributed by atoms with Gasteiger partial charge in [0.25, 0.3) is 9.84 Å². The number of hydrogen-bond donors (Lipinski definition) is 2. The molecule has 0 spiro atoms. The predicted octanol–water partition coefficient (Wildman–Crippen LogP) is 5.72. The molecular weight excluding hydrogens is 755 g/mol. The zero-order chi connectivity index (χ0) is 22.8. The average Bonchev–Trinajstić information content (AvgIpc) is 2.67. The number of ether oxygens (including phenoxy) is 1. The molecule has 9 heteroatoms. The summed E-state index contributed by atoms with van der Waals surface area (Å²) in [6.45, 7) is 5.50. The van der Waals surface area contributed by atoms with Gasteiger partial charge in [0.2, 0.25) is 5.91 Å². The average molecular weight is 776 g/mol. The molecule has 5 nitrogen and oxygen atoms in total. The Morgan fingerprint density at radius 3 is 2.66 bits per heavy atom. The summed E-state index contributed by atoms with van der Waals surface area (Å²) in [6, 6.07) is 11.9. The molecule has 1 unspecified atom stereocenters. The number of carbonyl (C=O) groups excluding carboxylic acids is 2. The Hall–Kier alpha value is -1.44. The smallest absolute Gasteiger partial charge is 0.479 e. The van der Waals surface area contributed by atoms with Crippen molar-refractivity contribution in [1.29, 1.82) is 0 Å². The second kappa shape index (κ2) is 11.1. The quantitative estimate of drug-likeness (QED) is 0.171. The van der Waals surface area contributed by atoms with Gasteiger partial charge in [0.1, 0.15) is 5.75 Å². The third-order valence-electron chi connectivity index (χ3n) is 4.51. The van der Waals surface area contributed by atoms with E-state index in [4.69, 9.17) is 4.74 Å². The van der Waals surface area contributed by atoms with Gasteiger partial charge in [-0.25, -0.2) is 8.78 Å². The van der Waals surface area contributed by atoms with Crippen molar-refractivity contribution in [3.05, 3.63) is 65.6 Å². The van der Waals surface area contributed by atoms with Crippen LogP contribution in [0.2, 0.25) is 0 Å². The molecule has 0 aromatic heterocycles. The van der Waals surface area contributed by atoms with Gasteiger partial charge in [-0.3, -0.25) is 9.59 Å². The van der Waals surface area contributed by atoms with Crippen LogP contribution in [-0.4, -0.2) is 17.9 Å². The molecule has 2 amide bonds. The van der Waals surface area contributed by atoms with Gasteiger partial charge in [-0.05, 0) is 59.4 Å². The molecular formula is C23H21F2IN2O3U. The topological polar surface area (TPSA) is 67.4 Å². The summed E-state index contributed by atoms with van der Waals surface area (Å²) in [7, 11) is 0. The van der Waals surface area contributed by atoms with Crippen LogP contribution in [0.3, 0.4) is 0 Å². The Labute approximate surface area is 223 Å². The molecule has 2 N–H and O–H groups in total. The predicted molar refractivity (Wildman–Crippen MR) is 124 cm³/mol. The molecule has 1 heterocycles. The van der Waals surface area contributed by atoms with Gasteiger partial charge in [-0.15, -0.1) is 35.4 Å². The van der Waals surface area contributed by atoms with Gasteiger partial charge in [0.05, 0.1) is 5.69 Å². The van der Waals surface area contributed by atoms with Crippen molar-refractivity contribution in [2.45, 2.75) is 37.2 Å². The Morgan fingerprint density at radius 2 is 2.06 bits per heavy atom. The van der Waals surface area contributed by atoms with Crippen molar-refractivity contribution in [2.75, 3.05) is 10.6 Å². The van der Waals surface area contributed by atoms with Gasteiger partial charge in [0.15, 0.2) is 6.10 Å². The van der Waals surface area contributed by atoms with E-state index in [1.54, 1.807) is 25.1 Å². The van der Waals surface area contributed by atoms with E-state index in [0.29, 0.717) is 34.7 Å². The van der Waals surface area contributed by atoms with Gasteiger partial charge >= 0.3 is 31.1 Å². The fourth-order valence-corrected chi connectivity index (χ4v) is 3.36. The van der Waals surface area contributed by atoms with Crippen LogP contribution < -0.4 is 15.4 Å². The maximum absolute atomic E-state index is 13.5. The summed E-state index contributed by atoms with van der Waals surface area (Å²) < 4.78 is 29.5. The van der Waals surface area contributed by atoms with E-state index in [2.05, 4.69) is 16.7 Å². The summed E-state index contributed by atoms with van der Waals surface area (Å²) >= 11 is 1.07. The van der Waals surface area contributed by atoms with Crippen LogP contribution in [0.5, 0.6) is 5.75 Å². The SMILES string of the molecule is C[C-](C)C/C(=C\C(=O)Nc1ccc2c(c1)NC(=O)C(C)O2)c1[c-]cc(C(F)(F)I)cc1.[U+2]. The minimum atomic E-state index is -2.98. The van der Waals surface area contributed by atoms with E-state index in [1.807, 2.05) is 13.8 Å². The van der Waals surface area contributed by atoms with Crippen molar-refractivity contribution < 1.29 is 54.2 Å². The molecule has 0 aliphatic carbocycles. The first-order valence-electron chi connectivity index (χ1n) is 9.54. The van der Waals surface area contributed by atoms with Gasteiger partial charge in [-0.1, -0.05) is 0 Å². The summed E-state index contributed by atoms with van der Waals surface area (Å²) in [5.74, 6) is 0.935. The second-order valence-electron chi connectivity index (χ2n) is 7.49. The standard InChI is InChI=1S/C23H21F2IN2O3.U/c1-13(2)10-16(15-4-6-17(7-5-15)23(24,25)26)11-21(29)27-18-8-9-20-19(12-18)28-22(30)14(3)31-20;/h4,6-9,11-12,14H,10H2,1-3H3,(H,27,29)(H,28,30);/q-2;+2/b16-11+;. The molecule has 0 bridgehead atoms. The van der Waals surface area contributed by atoms with Crippen molar-refractivity contribution >= 4 is 51.4 Å². The Balaban J connectivity index is 0.00000363. The fraction of sp³-hybridized carbons (Fsp3) is 0.261. The molecule has 1 aliphatic heterocycles. The van der Waals surface area contributed by atoms with Crippen LogP contribution in [0.4, 0.5) is 20.2 Å². The summed E-state index contributed by atoms with van der Waals surface area (Å²) in [4.78, 5) is 24.4. The van der Waals surface area contributed by atoms with E-state index < -0.39 is 10.0 Å². The molecule has 0 saturated heterocycles. The van der Waals surface area contributed by atoms with E-state index in [0.717, 1.165) is 28.5 Å². The van der Waals surface area contributed by atoms with Gasteiger partial charge < -0.3 is 21.3 Å². The minimum Gasteiger partial charge on any atom is -0.479 e. The number of alkyl halides is 3. The third-order valence-corrected chi connectivity index (χ3v) is 5.14. The van der Waals surface area contributed by atoms with E-state index in [9.17, 15) is 18.4 Å². The maximum Gasteiger partial charge on any atom is 2.00 e. The number of amides is 2. The maximum atomic E-state index is 13.5.